The second kappa shape index (κ2) is 5.50. The van der Waals surface area contributed by atoms with Gasteiger partial charge in [0.05, 0.1) is 30.0 Å². The van der Waals surface area contributed by atoms with Crippen molar-refractivity contribution in [3.8, 4) is 5.75 Å². The number of hydrogen-bond acceptors (Lipinski definition) is 5. The third-order valence-electron chi connectivity index (χ3n) is 3.17. The van der Waals surface area contributed by atoms with Crippen LogP contribution >= 0.6 is 11.3 Å². The molecule has 1 amide bonds. The Morgan fingerprint density at radius 2 is 2.40 bits per heavy atom. The number of carbonyl (C=O) groups excluding carboxylic acids is 1. The molecule has 0 spiro atoms. The third kappa shape index (κ3) is 2.60. The van der Waals surface area contributed by atoms with Gasteiger partial charge in [-0.25, -0.2) is 4.98 Å². The van der Waals surface area contributed by atoms with Gasteiger partial charge < -0.3 is 15.0 Å². The maximum Gasteiger partial charge on any atom is 0.265 e. The Bertz CT molecular complexity index is 600. The number of hydrogen-bond donors (Lipinski definition) is 1. The van der Waals surface area contributed by atoms with Crippen LogP contribution in [0.3, 0.4) is 0 Å². The number of carbonyl (C=O) groups is 1. The summed E-state index contributed by atoms with van der Waals surface area (Å²) in [6.45, 7) is 0.987. The highest BCUT2D eigenvalue weighted by Gasteiger charge is 2.28. The highest BCUT2D eigenvalue weighted by atomic mass is 32.1. The summed E-state index contributed by atoms with van der Waals surface area (Å²) in [6.07, 6.45) is -0.492. The lowest BCUT2D eigenvalue weighted by Crippen LogP contribution is -2.45. The normalized spacial score (nSPS) is 16.8. The van der Waals surface area contributed by atoms with Crippen molar-refractivity contribution in [3.63, 3.8) is 0 Å². The van der Waals surface area contributed by atoms with Crippen LogP contribution in [-0.2, 0) is 11.3 Å². The Kier molecular flexibility index (Phi) is 3.56. The Hall–Kier alpha value is -2.08. The number of rotatable bonds is 3. The molecule has 1 aromatic carbocycles. The number of thiazole rings is 1. The number of para-hydroxylation sites is 2. The van der Waals surface area contributed by atoms with Gasteiger partial charge in [-0.3, -0.25) is 4.79 Å². The van der Waals surface area contributed by atoms with Gasteiger partial charge in [-0.1, -0.05) is 12.1 Å². The Morgan fingerprint density at radius 3 is 3.20 bits per heavy atom. The fourth-order valence-electron chi connectivity index (χ4n) is 2.13. The number of fused-ring (bicyclic) bond motifs is 1. The monoisotopic (exact) mass is 289 g/mol. The first kappa shape index (κ1) is 12.9. The molecular formula is C14H15N3O2S. The maximum atomic E-state index is 12.4. The third-order valence-corrected chi connectivity index (χ3v) is 3.80. The number of nitrogens with one attached hydrogen (secondary N) is 1. The first-order chi connectivity index (χ1) is 9.74. The van der Waals surface area contributed by atoms with Crippen molar-refractivity contribution in [1.82, 2.24) is 9.88 Å². The van der Waals surface area contributed by atoms with Gasteiger partial charge in [0.15, 0.2) is 6.10 Å². The van der Waals surface area contributed by atoms with E-state index < -0.39 is 6.10 Å². The Morgan fingerprint density at radius 1 is 1.55 bits per heavy atom. The highest BCUT2D eigenvalue weighted by molar-refractivity contribution is 7.07. The molecule has 0 saturated carbocycles. The minimum absolute atomic E-state index is 0.0417. The standard InChI is InChI=1S/C14H15N3O2S/c1-17(7-10-8-20-9-16-10)14(18)13-6-15-11-4-2-3-5-12(11)19-13/h2-5,8-9,13,15H,6-7H2,1H3. The smallest absolute Gasteiger partial charge is 0.265 e. The molecule has 1 aliphatic heterocycles. The quantitative estimate of drug-likeness (QED) is 0.938. The zero-order valence-corrected chi connectivity index (χ0v) is 11.9. The molecule has 6 heteroatoms. The van der Waals surface area contributed by atoms with E-state index >= 15 is 0 Å². The van der Waals surface area contributed by atoms with Crippen molar-refractivity contribution >= 4 is 22.9 Å². The summed E-state index contributed by atoms with van der Waals surface area (Å²) in [5, 5.41) is 5.16. The maximum absolute atomic E-state index is 12.4. The number of benzene rings is 1. The van der Waals surface area contributed by atoms with Crippen molar-refractivity contribution in [1.29, 1.82) is 0 Å². The fourth-order valence-corrected chi connectivity index (χ4v) is 2.68. The molecule has 0 bridgehead atoms. The van der Waals surface area contributed by atoms with Crippen molar-refractivity contribution in [3.05, 3.63) is 40.8 Å². The van der Waals surface area contributed by atoms with Gasteiger partial charge in [0.25, 0.3) is 5.91 Å². The van der Waals surface area contributed by atoms with Crippen molar-refractivity contribution in [2.24, 2.45) is 0 Å². The first-order valence-corrected chi connectivity index (χ1v) is 7.30. The van der Waals surface area contributed by atoms with E-state index in [0.717, 1.165) is 17.1 Å². The molecule has 5 nitrogen and oxygen atoms in total. The summed E-state index contributed by atoms with van der Waals surface area (Å²) < 4.78 is 5.76. The van der Waals surface area contributed by atoms with Crippen LogP contribution in [0.25, 0.3) is 0 Å². The minimum atomic E-state index is -0.492. The molecule has 0 radical (unpaired) electrons. The van der Waals surface area contributed by atoms with Crippen LogP contribution in [0.4, 0.5) is 5.69 Å². The van der Waals surface area contributed by atoms with Crippen molar-refractivity contribution in [2.45, 2.75) is 12.6 Å². The fraction of sp³-hybridized carbons (Fsp3) is 0.286. The van der Waals surface area contributed by atoms with Crippen LogP contribution < -0.4 is 10.1 Å². The average Bonchev–Trinajstić information content (AvgIpc) is 2.99. The molecule has 1 atom stereocenters. The summed E-state index contributed by atoms with van der Waals surface area (Å²) in [6, 6.07) is 7.63. The summed E-state index contributed by atoms with van der Waals surface area (Å²) in [4.78, 5) is 18.2. The van der Waals surface area contributed by atoms with Crippen LogP contribution in [0.5, 0.6) is 5.75 Å². The first-order valence-electron chi connectivity index (χ1n) is 6.35. The molecule has 1 aliphatic rings. The summed E-state index contributed by atoms with van der Waals surface area (Å²) in [5.74, 6) is 0.680. The molecule has 0 fully saturated rings. The summed E-state index contributed by atoms with van der Waals surface area (Å²) in [7, 11) is 1.77. The molecule has 0 aliphatic carbocycles. The molecule has 20 heavy (non-hydrogen) atoms. The lowest BCUT2D eigenvalue weighted by atomic mass is 10.2. The zero-order valence-electron chi connectivity index (χ0n) is 11.1. The van der Waals surface area contributed by atoms with E-state index in [2.05, 4.69) is 10.3 Å². The number of amides is 1. The highest BCUT2D eigenvalue weighted by Crippen LogP contribution is 2.28. The summed E-state index contributed by atoms with van der Waals surface area (Å²) in [5.41, 5.74) is 3.59. The summed E-state index contributed by atoms with van der Waals surface area (Å²) >= 11 is 1.53. The lowest BCUT2D eigenvalue weighted by molar-refractivity contribution is -0.137. The van der Waals surface area contributed by atoms with E-state index in [9.17, 15) is 4.79 Å². The van der Waals surface area contributed by atoms with E-state index in [0.29, 0.717) is 13.1 Å². The molecule has 104 valence electrons. The van der Waals surface area contributed by atoms with Gasteiger partial charge in [0.1, 0.15) is 5.75 Å². The number of nitrogens with zero attached hydrogens (tertiary/aromatic N) is 2. The molecule has 1 unspecified atom stereocenters. The number of likely N-dealkylation sites (N-methyl/N-ethyl adjacent to an activating group) is 1. The molecule has 1 aromatic heterocycles. The van der Waals surface area contributed by atoms with E-state index in [1.54, 1.807) is 17.5 Å². The van der Waals surface area contributed by atoms with Gasteiger partial charge in [0.2, 0.25) is 0 Å². The SMILES string of the molecule is CN(Cc1cscn1)C(=O)C1CNc2ccccc2O1. The molecule has 2 aromatic rings. The lowest BCUT2D eigenvalue weighted by Gasteiger charge is -2.29. The zero-order chi connectivity index (χ0) is 13.9. The number of aromatic nitrogens is 1. The molecule has 3 rings (SSSR count). The van der Waals surface area contributed by atoms with Gasteiger partial charge >= 0.3 is 0 Å². The van der Waals surface area contributed by atoms with Gasteiger partial charge in [0, 0.05) is 12.4 Å². The second-order valence-electron chi connectivity index (χ2n) is 4.66. The van der Waals surface area contributed by atoms with Crippen molar-refractivity contribution in [2.75, 3.05) is 18.9 Å². The molecule has 1 N–H and O–H groups in total. The average molecular weight is 289 g/mol. The van der Waals surface area contributed by atoms with Gasteiger partial charge in [-0.2, -0.15) is 0 Å². The van der Waals surface area contributed by atoms with Crippen molar-refractivity contribution < 1.29 is 9.53 Å². The van der Waals surface area contributed by atoms with Crippen LogP contribution in [-0.4, -0.2) is 35.5 Å². The van der Waals surface area contributed by atoms with E-state index in [1.807, 2.05) is 29.6 Å². The molecular weight excluding hydrogens is 274 g/mol. The van der Waals surface area contributed by atoms with E-state index in [4.69, 9.17) is 4.74 Å². The van der Waals surface area contributed by atoms with Crippen LogP contribution in [0.1, 0.15) is 5.69 Å². The predicted molar refractivity (Wildman–Crippen MR) is 77.9 cm³/mol. The van der Waals surface area contributed by atoms with Gasteiger partial charge in [-0.15, -0.1) is 11.3 Å². The second-order valence-corrected chi connectivity index (χ2v) is 5.38. The number of anilines is 1. The molecule has 2 heterocycles. The Labute approximate surface area is 121 Å². The van der Waals surface area contributed by atoms with E-state index in [-0.39, 0.29) is 5.91 Å². The van der Waals surface area contributed by atoms with Gasteiger partial charge in [-0.05, 0) is 12.1 Å². The Balaban J connectivity index is 1.66. The minimum Gasteiger partial charge on any atom is -0.477 e. The van der Waals surface area contributed by atoms with Crippen LogP contribution in [0.2, 0.25) is 0 Å². The predicted octanol–water partition coefficient (Wildman–Crippen LogP) is 1.97. The molecule has 0 saturated heterocycles. The largest absolute Gasteiger partial charge is 0.477 e. The van der Waals surface area contributed by atoms with Crippen LogP contribution in [0.15, 0.2) is 35.2 Å². The number of ether oxygens (including phenoxy) is 1. The topological polar surface area (TPSA) is 54.5 Å². The van der Waals surface area contributed by atoms with E-state index in [1.165, 1.54) is 11.3 Å². The van der Waals surface area contributed by atoms with Crippen LogP contribution in [0, 0.1) is 0 Å².